The fourth-order valence-corrected chi connectivity index (χ4v) is 4.83. The van der Waals surface area contributed by atoms with Gasteiger partial charge in [0.25, 0.3) is 0 Å². The first-order chi connectivity index (χ1) is 14.2. The van der Waals surface area contributed by atoms with Crippen LogP contribution in [0, 0.1) is 17.1 Å². The normalized spacial score (nSPS) is 23.2. The van der Waals surface area contributed by atoms with E-state index in [-0.39, 0.29) is 5.82 Å². The van der Waals surface area contributed by atoms with Gasteiger partial charge in [-0.2, -0.15) is 5.26 Å². The molecule has 3 nitrogen and oxygen atoms in total. The van der Waals surface area contributed by atoms with E-state index in [2.05, 4.69) is 40.6 Å². The van der Waals surface area contributed by atoms with Crippen LogP contribution in [-0.2, 0) is 6.54 Å². The van der Waals surface area contributed by atoms with Gasteiger partial charge in [-0.3, -0.25) is 4.90 Å². The molecule has 0 radical (unpaired) electrons. The molecule has 5 rings (SSSR count). The van der Waals surface area contributed by atoms with E-state index in [0.29, 0.717) is 23.6 Å². The number of benzene rings is 3. The fraction of sp³-hybridized carbons (Fsp3) is 0.240. The quantitative estimate of drug-likeness (QED) is 0.730. The zero-order valence-electron chi connectivity index (χ0n) is 16.1. The Balaban J connectivity index is 1.33. The first-order valence-corrected chi connectivity index (χ1v) is 10.0. The fourth-order valence-electron chi connectivity index (χ4n) is 4.83. The van der Waals surface area contributed by atoms with Gasteiger partial charge in [-0.15, -0.1) is 0 Å². The van der Waals surface area contributed by atoms with Gasteiger partial charge in [0.05, 0.1) is 11.6 Å². The Morgan fingerprint density at radius 3 is 2.34 bits per heavy atom. The van der Waals surface area contributed by atoms with Gasteiger partial charge in [-0.25, -0.2) is 4.39 Å². The number of hydrogen-bond acceptors (Lipinski definition) is 3. The van der Waals surface area contributed by atoms with Crippen LogP contribution in [0.5, 0.6) is 0 Å². The van der Waals surface area contributed by atoms with Gasteiger partial charge < -0.3 is 5.32 Å². The highest BCUT2D eigenvalue weighted by Gasteiger charge is 2.50. The third-order valence-corrected chi connectivity index (χ3v) is 6.29. The van der Waals surface area contributed by atoms with E-state index >= 15 is 0 Å². The molecule has 2 aliphatic heterocycles. The zero-order valence-corrected chi connectivity index (χ0v) is 16.1. The number of nitrogens with zero attached hydrogens (tertiary/aromatic N) is 2. The van der Waals surface area contributed by atoms with Gasteiger partial charge in [0.1, 0.15) is 5.82 Å². The SMILES string of the molecule is N#Cc1cccc(-c2ccc(C3[C@H]4CNC[C@@H]3N4Cc3ccc(F)cc3)cc2)c1. The summed E-state index contributed by atoms with van der Waals surface area (Å²) in [6, 6.07) is 26.5. The molecule has 0 saturated carbocycles. The smallest absolute Gasteiger partial charge is 0.123 e. The van der Waals surface area contributed by atoms with Gasteiger partial charge in [0, 0.05) is 37.6 Å². The molecule has 144 valence electrons. The van der Waals surface area contributed by atoms with Crippen molar-refractivity contribution in [2.75, 3.05) is 13.1 Å². The second kappa shape index (κ2) is 7.44. The Morgan fingerprint density at radius 2 is 1.66 bits per heavy atom. The lowest BCUT2D eigenvalue weighted by atomic mass is 9.72. The Hall–Kier alpha value is -3.00. The Labute approximate surface area is 170 Å². The maximum atomic E-state index is 13.2. The molecule has 0 aromatic heterocycles. The molecule has 2 bridgehead atoms. The van der Waals surface area contributed by atoms with E-state index in [1.165, 1.54) is 5.56 Å². The third kappa shape index (κ3) is 3.33. The van der Waals surface area contributed by atoms with Crippen LogP contribution in [0.15, 0.2) is 72.8 Å². The average Bonchev–Trinajstić information content (AvgIpc) is 2.79. The number of hydrogen-bond donors (Lipinski definition) is 1. The lowest BCUT2D eigenvalue weighted by Crippen LogP contribution is -2.72. The molecule has 3 aromatic carbocycles. The van der Waals surface area contributed by atoms with Crippen molar-refractivity contribution in [2.24, 2.45) is 0 Å². The summed E-state index contributed by atoms with van der Waals surface area (Å²) in [4.78, 5) is 2.54. The molecule has 2 aliphatic rings. The summed E-state index contributed by atoms with van der Waals surface area (Å²) in [5.41, 5.74) is 5.43. The standard InChI is InChI=1S/C25H22FN3/c26-22-10-4-17(5-11-22)16-29-23-14-28-15-24(29)25(23)20-8-6-19(7-9-20)21-3-1-2-18(12-21)13-27/h1-12,23-25,28H,14-16H2/t23-,24+,25?. The van der Waals surface area contributed by atoms with Crippen molar-refractivity contribution < 1.29 is 4.39 Å². The molecule has 1 N–H and O–H groups in total. The minimum atomic E-state index is -0.183. The highest BCUT2D eigenvalue weighted by molar-refractivity contribution is 5.65. The largest absolute Gasteiger partial charge is 0.314 e. The topological polar surface area (TPSA) is 39.1 Å². The molecule has 2 heterocycles. The van der Waals surface area contributed by atoms with E-state index in [1.54, 1.807) is 12.1 Å². The molecule has 2 fully saturated rings. The molecular weight excluding hydrogens is 361 g/mol. The van der Waals surface area contributed by atoms with E-state index in [9.17, 15) is 4.39 Å². The summed E-state index contributed by atoms with van der Waals surface area (Å²) in [6.07, 6.45) is 0. The summed E-state index contributed by atoms with van der Waals surface area (Å²) in [5, 5.41) is 12.6. The van der Waals surface area contributed by atoms with Crippen LogP contribution in [-0.4, -0.2) is 30.1 Å². The molecular formula is C25H22FN3. The zero-order chi connectivity index (χ0) is 19.8. The number of fused-ring (bicyclic) bond motifs is 2. The van der Waals surface area contributed by atoms with Crippen LogP contribution in [0.25, 0.3) is 11.1 Å². The summed E-state index contributed by atoms with van der Waals surface area (Å²) < 4.78 is 13.2. The van der Waals surface area contributed by atoms with Gasteiger partial charge in [0.2, 0.25) is 0 Å². The Kier molecular flexibility index (Phi) is 4.63. The number of halogens is 1. The van der Waals surface area contributed by atoms with Crippen LogP contribution in [0.2, 0.25) is 0 Å². The molecule has 2 saturated heterocycles. The van der Waals surface area contributed by atoms with Crippen molar-refractivity contribution in [1.29, 1.82) is 5.26 Å². The first-order valence-electron chi connectivity index (χ1n) is 10.0. The van der Waals surface area contributed by atoms with Crippen molar-refractivity contribution in [3.8, 4) is 17.2 Å². The lowest BCUT2D eigenvalue weighted by Gasteiger charge is -2.59. The maximum Gasteiger partial charge on any atom is 0.123 e. The van der Waals surface area contributed by atoms with Crippen LogP contribution >= 0.6 is 0 Å². The maximum absolute atomic E-state index is 13.2. The third-order valence-electron chi connectivity index (χ3n) is 6.29. The number of rotatable bonds is 4. The van der Waals surface area contributed by atoms with Crippen LogP contribution in [0.3, 0.4) is 0 Å². The highest BCUT2D eigenvalue weighted by atomic mass is 19.1. The molecule has 1 unspecified atom stereocenters. The molecule has 4 heteroatoms. The summed E-state index contributed by atoms with van der Waals surface area (Å²) >= 11 is 0. The monoisotopic (exact) mass is 383 g/mol. The number of piperidine rings is 1. The predicted molar refractivity (Wildman–Crippen MR) is 112 cm³/mol. The second-order valence-corrected chi connectivity index (χ2v) is 7.93. The van der Waals surface area contributed by atoms with E-state index in [1.807, 2.05) is 36.4 Å². The Morgan fingerprint density at radius 1 is 0.931 bits per heavy atom. The first kappa shape index (κ1) is 18.1. The molecule has 29 heavy (non-hydrogen) atoms. The molecule has 0 aliphatic carbocycles. The molecule has 0 amide bonds. The minimum Gasteiger partial charge on any atom is -0.314 e. The minimum absolute atomic E-state index is 0.183. The number of piperazine rings is 1. The number of nitrogens with one attached hydrogen (secondary N) is 1. The summed E-state index contributed by atoms with van der Waals surface area (Å²) in [5.74, 6) is 0.341. The van der Waals surface area contributed by atoms with Crippen LogP contribution in [0.1, 0.15) is 22.6 Å². The van der Waals surface area contributed by atoms with Crippen LogP contribution in [0.4, 0.5) is 4.39 Å². The summed E-state index contributed by atoms with van der Waals surface area (Å²) in [6.45, 7) is 2.83. The molecule has 3 aromatic rings. The van der Waals surface area contributed by atoms with Crippen molar-refractivity contribution in [3.63, 3.8) is 0 Å². The van der Waals surface area contributed by atoms with Crippen molar-refractivity contribution in [2.45, 2.75) is 24.5 Å². The van der Waals surface area contributed by atoms with Crippen molar-refractivity contribution in [1.82, 2.24) is 10.2 Å². The number of likely N-dealkylation sites (tertiary alicyclic amines) is 1. The summed E-state index contributed by atoms with van der Waals surface area (Å²) in [7, 11) is 0. The highest BCUT2D eigenvalue weighted by Crippen LogP contribution is 2.43. The lowest BCUT2D eigenvalue weighted by molar-refractivity contribution is -0.0483. The molecule has 3 atom stereocenters. The van der Waals surface area contributed by atoms with E-state index in [4.69, 9.17) is 5.26 Å². The average molecular weight is 383 g/mol. The van der Waals surface area contributed by atoms with Gasteiger partial charge >= 0.3 is 0 Å². The van der Waals surface area contributed by atoms with Crippen molar-refractivity contribution in [3.05, 3.63) is 95.3 Å². The van der Waals surface area contributed by atoms with Crippen molar-refractivity contribution >= 4 is 0 Å². The predicted octanol–water partition coefficient (Wildman–Crippen LogP) is 4.30. The second-order valence-electron chi connectivity index (χ2n) is 7.93. The van der Waals surface area contributed by atoms with Gasteiger partial charge in [-0.05, 0) is 46.5 Å². The van der Waals surface area contributed by atoms with Gasteiger partial charge in [-0.1, -0.05) is 48.5 Å². The Bertz CT molecular complexity index is 1040. The van der Waals surface area contributed by atoms with E-state index in [0.717, 1.165) is 36.3 Å². The van der Waals surface area contributed by atoms with Crippen LogP contribution < -0.4 is 5.32 Å². The molecule has 0 spiro atoms. The van der Waals surface area contributed by atoms with Gasteiger partial charge in [0.15, 0.2) is 0 Å². The van der Waals surface area contributed by atoms with E-state index < -0.39 is 0 Å². The number of nitriles is 1.